The summed E-state index contributed by atoms with van der Waals surface area (Å²) in [4.78, 5) is 21.0. The molecule has 1 heterocycles. The maximum Gasteiger partial charge on any atom is 0.418 e. The lowest BCUT2D eigenvalue weighted by Crippen LogP contribution is -2.18. The minimum atomic E-state index is -4.53. The van der Waals surface area contributed by atoms with Crippen LogP contribution in [-0.2, 0) is 11.0 Å². The van der Waals surface area contributed by atoms with Crippen molar-refractivity contribution in [2.45, 2.75) is 18.1 Å². The minimum absolute atomic E-state index is 0.0694. The summed E-state index contributed by atoms with van der Waals surface area (Å²) in [5, 5.41) is 2.89. The molecule has 1 N–H and O–H groups in total. The molecule has 0 aliphatic carbocycles. The molecule has 134 valence electrons. The Morgan fingerprint density at radius 3 is 2.35 bits per heavy atom. The molecule has 8 heteroatoms. The Labute approximate surface area is 151 Å². The number of fused-ring (bicyclic) bond motifs is 1. The number of rotatable bonds is 4. The van der Waals surface area contributed by atoms with Crippen LogP contribution < -0.4 is 5.32 Å². The molecule has 0 aliphatic heterocycles. The molecule has 3 rings (SSSR count). The first-order valence-corrected chi connectivity index (χ1v) is 8.65. The molecule has 1 aromatic heterocycles. The standard InChI is InChI=1S/C18H14F3N3OS/c1-11-17(24-15-9-5-4-8-14(15)22-11)26-10-16(25)23-13-7-3-2-6-12(13)18(19,20)21/h2-9H,10H2,1H3,(H,23,25). The lowest BCUT2D eigenvalue weighted by Gasteiger charge is -2.13. The molecule has 4 nitrogen and oxygen atoms in total. The van der Waals surface area contributed by atoms with Gasteiger partial charge in [-0.2, -0.15) is 13.2 Å². The van der Waals surface area contributed by atoms with Gasteiger partial charge in [0.25, 0.3) is 0 Å². The third-order valence-electron chi connectivity index (χ3n) is 3.55. The Morgan fingerprint density at radius 2 is 1.65 bits per heavy atom. The molecule has 0 atom stereocenters. The van der Waals surface area contributed by atoms with Crippen LogP contribution in [-0.4, -0.2) is 21.6 Å². The van der Waals surface area contributed by atoms with E-state index in [0.717, 1.165) is 23.3 Å². The van der Waals surface area contributed by atoms with E-state index in [-0.39, 0.29) is 11.4 Å². The molecule has 0 spiro atoms. The van der Waals surface area contributed by atoms with Gasteiger partial charge in [-0.3, -0.25) is 4.79 Å². The number of benzene rings is 2. The van der Waals surface area contributed by atoms with Crippen LogP contribution in [0.25, 0.3) is 11.0 Å². The van der Waals surface area contributed by atoms with Crippen molar-refractivity contribution in [2.24, 2.45) is 0 Å². The number of carbonyl (C=O) groups is 1. The monoisotopic (exact) mass is 377 g/mol. The van der Waals surface area contributed by atoms with Gasteiger partial charge in [-0.1, -0.05) is 36.0 Å². The zero-order chi connectivity index (χ0) is 18.7. The Hall–Kier alpha value is -2.61. The number of aryl methyl sites for hydroxylation is 1. The molecule has 0 saturated carbocycles. The van der Waals surface area contributed by atoms with Crippen molar-refractivity contribution in [1.82, 2.24) is 9.97 Å². The number of para-hydroxylation sites is 3. The van der Waals surface area contributed by atoms with Gasteiger partial charge in [0, 0.05) is 0 Å². The molecular formula is C18H14F3N3OS. The maximum absolute atomic E-state index is 13.0. The summed E-state index contributed by atoms with van der Waals surface area (Å²) in [6, 6.07) is 12.2. The fourth-order valence-electron chi connectivity index (χ4n) is 2.37. The van der Waals surface area contributed by atoms with Gasteiger partial charge in [0.15, 0.2) is 0 Å². The molecule has 1 amide bonds. The molecule has 2 aromatic carbocycles. The topological polar surface area (TPSA) is 54.9 Å². The third-order valence-corrected chi connectivity index (χ3v) is 4.61. The number of carbonyl (C=O) groups excluding carboxylic acids is 1. The number of halogens is 3. The van der Waals surface area contributed by atoms with E-state index in [1.54, 1.807) is 6.92 Å². The summed E-state index contributed by atoms with van der Waals surface area (Å²) >= 11 is 1.14. The van der Waals surface area contributed by atoms with E-state index in [9.17, 15) is 18.0 Å². The highest BCUT2D eigenvalue weighted by atomic mass is 32.2. The number of hydrogen-bond acceptors (Lipinski definition) is 4. The molecule has 3 aromatic rings. The van der Waals surface area contributed by atoms with Crippen LogP contribution in [0.2, 0.25) is 0 Å². The van der Waals surface area contributed by atoms with Crippen molar-refractivity contribution < 1.29 is 18.0 Å². The van der Waals surface area contributed by atoms with Crippen molar-refractivity contribution >= 4 is 34.4 Å². The van der Waals surface area contributed by atoms with E-state index in [1.165, 1.54) is 18.2 Å². The van der Waals surface area contributed by atoms with Crippen LogP contribution in [0.5, 0.6) is 0 Å². The van der Waals surface area contributed by atoms with Crippen LogP contribution in [0.4, 0.5) is 18.9 Å². The number of anilines is 1. The number of thioether (sulfide) groups is 1. The second-order valence-electron chi connectivity index (χ2n) is 5.48. The number of nitrogens with zero attached hydrogens (tertiary/aromatic N) is 2. The van der Waals surface area contributed by atoms with Gasteiger partial charge in [0.2, 0.25) is 5.91 Å². The molecule has 0 bridgehead atoms. The van der Waals surface area contributed by atoms with E-state index in [2.05, 4.69) is 15.3 Å². The van der Waals surface area contributed by atoms with Crippen LogP contribution in [0.1, 0.15) is 11.3 Å². The summed E-state index contributed by atoms with van der Waals surface area (Å²) in [5.74, 6) is -0.610. The first-order chi connectivity index (χ1) is 12.3. The van der Waals surface area contributed by atoms with E-state index < -0.39 is 17.6 Å². The van der Waals surface area contributed by atoms with Crippen LogP contribution in [0.15, 0.2) is 53.6 Å². The first kappa shape index (κ1) is 18.2. The van der Waals surface area contributed by atoms with E-state index in [0.29, 0.717) is 16.2 Å². The lowest BCUT2D eigenvalue weighted by atomic mass is 10.1. The Morgan fingerprint density at radius 1 is 1.04 bits per heavy atom. The highest BCUT2D eigenvalue weighted by Gasteiger charge is 2.33. The van der Waals surface area contributed by atoms with Crippen LogP contribution >= 0.6 is 11.8 Å². The predicted octanol–water partition coefficient (Wildman–Crippen LogP) is 4.69. The minimum Gasteiger partial charge on any atom is -0.325 e. The number of nitrogens with one attached hydrogen (secondary N) is 1. The quantitative estimate of drug-likeness (QED) is 0.671. The summed E-state index contributed by atoms with van der Waals surface area (Å²) in [6.07, 6.45) is -4.53. The van der Waals surface area contributed by atoms with Gasteiger partial charge in [-0.25, -0.2) is 9.97 Å². The van der Waals surface area contributed by atoms with Crippen molar-refractivity contribution in [2.75, 3.05) is 11.1 Å². The van der Waals surface area contributed by atoms with Crippen molar-refractivity contribution in [3.8, 4) is 0 Å². The van der Waals surface area contributed by atoms with Gasteiger partial charge in [0.1, 0.15) is 5.03 Å². The Kier molecular flexibility index (Phi) is 5.13. The van der Waals surface area contributed by atoms with Crippen LogP contribution in [0.3, 0.4) is 0 Å². The maximum atomic E-state index is 13.0. The highest BCUT2D eigenvalue weighted by molar-refractivity contribution is 8.00. The highest BCUT2D eigenvalue weighted by Crippen LogP contribution is 2.34. The van der Waals surface area contributed by atoms with Gasteiger partial charge in [0.05, 0.1) is 33.7 Å². The smallest absolute Gasteiger partial charge is 0.325 e. The SMILES string of the molecule is Cc1nc2ccccc2nc1SCC(=O)Nc1ccccc1C(F)(F)F. The summed E-state index contributed by atoms with van der Waals surface area (Å²) in [6.45, 7) is 1.78. The average Bonchev–Trinajstić information content (AvgIpc) is 2.59. The second-order valence-corrected chi connectivity index (χ2v) is 6.45. The number of hydrogen-bond donors (Lipinski definition) is 1. The Balaban J connectivity index is 1.71. The molecule has 0 radical (unpaired) electrons. The molecule has 0 unspecified atom stereocenters. The zero-order valence-corrected chi connectivity index (χ0v) is 14.5. The lowest BCUT2D eigenvalue weighted by molar-refractivity contribution is -0.137. The number of alkyl halides is 3. The fraction of sp³-hybridized carbons (Fsp3) is 0.167. The van der Waals surface area contributed by atoms with Gasteiger partial charge in [-0.05, 0) is 31.2 Å². The van der Waals surface area contributed by atoms with Crippen molar-refractivity contribution in [3.05, 3.63) is 59.8 Å². The molecule has 0 aliphatic rings. The summed E-state index contributed by atoms with van der Waals surface area (Å²) in [5.41, 5.74) is 0.977. The van der Waals surface area contributed by atoms with Gasteiger partial charge >= 0.3 is 6.18 Å². The molecule has 26 heavy (non-hydrogen) atoms. The predicted molar refractivity (Wildman–Crippen MR) is 95.1 cm³/mol. The average molecular weight is 377 g/mol. The van der Waals surface area contributed by atoms with E-state index in [4.69, 9.17) is 0 Å². The van der Waals surface area contributed by atoms with E-state index >= 15 is 0 Å². The zero-order valence-electron chi connectivity index (χ0n) is 13.7. The van der Waals surface area contributed by atoms with Gasteiger partial charge < -0.3 is 5.32 Å². The number of aromatic nitrogens is 2. The van der Waals surface area contributed by atoms with E-state index in [1.807, 2.05) is 24.3 Å². The fourth-order valence-corrected chi connectivity index (χ4v) is 3.13. The largest absolute Gasteiger partial charge is 0.418 e. The second kappa shape index (κ2) is 7.33. The molecule has 0 saturated heterocycles. The third kappa shape index (κ3) is 4.13. The number of amides is 1. The molecular weight excluding hydrogens is 363 g/mol. The Bertz CT molecular complexity index is 960. The first-order valence-electron chi connectivity index (χ1n) is 7.67. The van der Waals surface area contributed by atoms with Crippen molar-refractivity contribution in [3.63, 3.8) is 0 Å². The molecule has 0 fully saturated rings. The van der Waals surface area contributed by atoms with Crippen molar-refractivity contribution in [1.29, 1.82) is 0 Å². The van der Waals surface area contributed by atoms with Crippen LogP contribution in [0, 0.1) is 6.92 Å². The normalized spacial score (nSPS) is 11.5. The summed E-state index contributed by atoms with van der Waals surface area (Å²) < 4.78 is 38.9. The summed E-state index contributed by atoms with van der Waals surface area (Å²) in [7, 11) is 0. The van der Waals surface area contributed by atoms with Gasteiger partial charge in [-0.15, -0.1) is 0 Å².